The van der Waals surface area contributed by atoms with Gasteiger partial charge < -0.3 is 5.32 Å². The molecule has 2 aromatic carbocycles. The van der Waals surface area contributed by atoms with Gasteiger partial charge in [0.05, 0.1) is 11.4 Å². The van der Waals surface area contributed by atoms with E-state index in [9.17, 15) is 12.8 Å². The minimum Gasteiger partial charge on any atom is -0.379 e. The fraction of sp³-hybridized carbons (Fsp3) is 0.368. The van der Waals surface area contributed by atoms with Crippen molar-refractivity contribution in [3.63, 3.8) is 0 Å². The van der Waals surface area contributed by atoms with Crippen molar-refractivity contribution in [2.24, 2.45) is 0 Å². The second-order valence-corrected chi connectivity index (χ2v) is 8.38. The lowest BCUT2D eigenvalue weighted by atomic mass is 10.1. The molecule has 1 fully saturated rings. The lowest BCUT2D eigenvalue weighted by molar-refractivity contribution is 0.599. The summed E-state index contributed by atoms with van der Waals surface area (Å²) >= 11 is 0. The van der Waals surface area contributed by atoms with Crippen LogP contribution in [0.15, 0.2) is 42.5 Å². The Balaban J connectivity index is 1.81. The summed E-state index contributed by atoms with van der Waals surface area (Å²) in [7, 11) is -3.18. The highest BCUT2D eigenvalue weighted by molar-refractivity contribution is 7.93. The summed E-state index contributed by atoms with van der Waals surface area (Å²) in [5.74, 6) is 0.0161. The fourth-order valence-electron chi connectivity index (χ4n) is 3.15. The number of nitrogens with zero attached hydrogens (tertiary/aromatic N) is 1. The van der Waals surface area contributed by atoms with Crippen molar-refractivity contribution in [1.29, 1.82) is 0 Å². The first-order chi connectivity index (χ1) is 11.9. The molecule has 0 amide bonds. The maximum absolute atomic E-state index is 13.6. The molecule has 1 heterocycles. The Morgan fingerprint density at radius 1 is 1.24 bits per heavy atom. The molecular formula is C19H23FN2O2S. The topological polar surface area (TPSA) is 49.4 Å². The highest BCUT2D eigenvalue weighted by Crippen LogP contribution is 2.28. The van der Waals surface area contributed by atoms with Crippen LogP contribution in [0.2, 0.25) is 0 Å². The van der Waals surface area contributed by atoms with E-state index < -0.39 is 10.0 Å². The van der Waals surface area contributed by atoms with Crippen LogP contribution in [0.3, 0.4) is 0 Å². The highest BCUT2D eigenvalue weighted by atomic mass is 32.2. The molecule has 0 spiro atoms. The summed E-state index contributed by atoms with van der Waals surface area (Å²) in [4.78, 5) is 0. The molecule has 1 N–H and O–H groups in total. The molecular weight excluding hydrogens is 339 g/mol. The molecule has 1 aliphatic heterocycles. The molecule has 25 heavy (non-hydrogen) atoms. The van der Waals surface area contributed by atoms with Crippen LogP contribution in [-0.2, 0) is 16.4 Å². The third-order valence-corrected chi connectivity index (χ3v) is 6.44. The van der Waals surface area contributed by atoms with Crippen LogP contribution in [-0.4, -0.2) is 20.7 Å². The molecule has 0 aromatic heterocycles. The van der Waals surface area contributed by atoms with Crippen LogP contribution in [0.4, 0.5) is 15.8 Å². The SMILES string of the molecule is CCc1cc(NC(C)c2cccc(N3CCCS3(=O)=O)c2)ccc1F. The molecule has 1 atom stereocenters. The highest BCUT2D eigenvalue weighted by Gasteiger charge is 2.28. The van der Waals surface area contributed by atoms with Gasteiger partial charge in [-0.25, -0.2) is 12.8 Å². The summed E-state index contributed by atoms with van der Waals surface area (Å²) in [6, 6.07) is 12.6. The van der Waals surface area contributed by atoms with E-state index in [1.165, 1.54) is 10.4 Å². The van der Waals surface area contributed by atoms with Crippen LogP contribution >= 0.6 is 0 Å². The van der Waals surface area contributed by atoms with Crippen LogP contribution in [0.5, 0.6) is 0 Å². The Morgan fingerprint density at radius 3 is 2.72 bits per heavy atom. The zero-order valence-corrected chi connectivity index (χ0v) is 15.3. The van der Waals surface area contributed by atoms with E-state index in [1.807, 2.05) is 44.2 Å². The van der Waals surface area contributed by atoms with Gasteiger partial charge >= 0.3 is 0 Å². The standard InChI is InChI=1S/C19H23FN2O2S/c1-3-15-12-17(8-9-19(15)20)21-14(2)16-6-4-7-18(13-16)22-10-5-11-25(22,23)24/h4,6-9,12-14,21H,3,5,10-11H2,1-2H3. The molecule has 0 radical (unpaired) electrons. The quantitative estimate of drug-likeness (QED) is 0.871. The summed E-state index contributed by atoms with van der Waals surface area (Å²) in [5, 5.41) is 3.36. The third kappa shape index (κ3) is 3.79. The molecule has 6 heteroatoms. The van der Waals surface area contributed by atoms with E-state index in [-0.39, 0.29) is 17.6 Å². The van der Waals surface area contributed by atoms with Crippen molar-refractivity contribution in [3.8, 4) is 0 Å². The Bertz CT molecular complexity index is 867. The van der Waals surface area contributed by atoms with Crippen LogP contribution in [0, 0.1) is 5.82 Å². The van der Waals surface area contributed by atoms with Gasteiger partial charge in [-0.1, -0.05) is 19.1 Å². The third-order valence-electron chi connectivity index (χ3n) is 4.57. The van der Waals surface area contributed by atoms with E-state index in [4.69, 9.17) is 0 Å². The molecule has 3 rings (SSSR count). The zero-order valence-electron chi connectivity index (χ0n) is 14.5. The van der Waals surface area contributed by atoms with E-state index >= 15 is 0 Å². The summed E-state index contributed by atoms with van der Waals surface area (Å²) in [5.41, 5.74) is 3.22. The number of halogens is 1. The maximum Gasteiger partial charge on any atom is 0.235 e. The van der Waals surface area contributed by atoms with Crippen LogP contribution in [0.25, 0.3) is 0 Å². The van der Waals surface area contributed by atoms with E-state index in [0.717, 1.165) is 11.3 Å². The van der Waals surface area contributed by atoms with Crippen LogP contribution < -0.4 is 9.62 Å². The van der Waals surface area contributed by atoms with Gasteiger partial charge in [-0.3, -0.25) is 4.31 Å². The van der Waals surface area contributed by atoms with Gasteiger partial charge in [0.1, 0.15) is 5.82 Å². The van der Waals surface area contributed by atoms with Gasteiger partial charge in [0, 0.05) is 18.3 Å². The predicted molar refractivity (Wildman–Crippen MR) is 100 cm³/mol. The molecule has 1 unspecified atom stereocenters. The van der Waals surface area contributed by atoms with Crippen molar-refractivity contribution in [1.82, 2.24) is 0 Å². The first kappa shape index (κ1) is 17.7. The molecule has 1 saturated heterocycles. The molecule has 4 nitrogen and oxygen atoms in total. The number of nitrogens with one attached hydrogen (secondary N) is 1. The van der Waals surface area contributed by atoms with Gasteiger partial charge in [-0.15, -0.1) is 0 Å². The summed E-state index contributed by atoms with van der Waals surface area (Å²) < 4.78 is 39.3. The average Bonchev–Trinajstić information content (AvgIpc) is 2.96. The van der Waals surface area contributed by atoms with Crippen molar-refractivity contribution >= 4 is 21.4 Å². The average molecular weight is 362 g/mol. The number of rotatable bonds is 5. The predicted octanol–water partition coefficient (Wildman–Crippen LogP) is 4.10. The van der Waals surface area contributed by atoms with Gasteiger partial charge in [-0.2, -0.15) is 0 Å². The lowest BCUT2D eigenvalue weighted by Gasteiger charge is -2.21. The smallest absolute Gasteiger partial charge is 0.235 e. The maximum atomic E-state index is 13.6. The van der Waals surface area contributed by atoms with Gasteiger partial charge in [0.2, 0.25) is 10.0 Å². The first-order valence-corrected chi connectivity index (χ1v) is 10.2. The second-order valence-electron chi connectivity index (χ2n) is 6.36. The number of hydrogen-bond donors (Lipinski definition) is 1. The summed E-state index contributed by atoms with van der Waals surface area (Å²) in [6.07, 6.45) is 1.30. The lowest BCUT2D eigenvalue weighted by Crippen LogP contribution is -2.25. The second kappa shape index (κ2) is 7.04. The van der Waals surface area contributed by atoms with Gasteiger partial charge in [0.25, 0.3) is 0 Å². The Morgan fingerprint density at radius 2 is 2.04 bits per heavy atom. The van der Waals surface area contributed by atoms with Crippen molar-refractivity contribution in [3.05, 3.63) is 59.4 Å². The largest absolute Gasteiger partial charge is 0.379 e. The van der Waals surface area contributed by atoms with E-state index in [2.05, 4.69) is 5.32 Å². The summed E-state index contributed by atoms with van der Waals surface area (Å²) in [6.45, 7) is 4.46. The van der Waals surface area contributed by atoms with E-state index in [1.54, 1.807) is 6.07 Å². The number of hydrogen-bond acceptors (Lipinski definition) is 3. The zero-order chi connectivity index (χ0) is 18.0. The molecule has 0 aliphatic carbocycles. The minimum atomic E-state index is -3.18. The molecule has 0 bridgehead atoms. The van der Waals surface area contributed by atoms with Crippen molar-refractivity contribution < 1.29 is 12.8 Å². The van der Waals surface area contributed by atoms with Gasteiger partial charge in [0.15, 0.2) is 0 Å². The Hall–Kier alpha value is -2.08. The monoisotopic (exact) mass is 362 g/mol. The fourth-order valence-corrected chi connectivity index (χ4v) is 4.70. The number of benzene rings is 2. The number of anilines is 2. The molecule has 1 aliphatic rings. The van der Waals surface area contributed by atoms with E-state index in [0.29, 0.717) is 30.6 Å². The first-order valence-electron chi connectivity index (χ1n) is 8.56. The number of aryl methyl sites for hydroxylation is 1. The molecule has 2 aromatic rings. The van der Waals surface area contributed by atoms with Crippen molar-refractivity contribution in [2.45, 2.75) is 32.7 Å². The number of sulfonamides is 1. The van der Waals surface area contributed by atoms with Crippen LogP contribution in [0.1, 0.15) is 37.4 Å². The Labute approximate surface area is 148 Å². The Kier molecular flexibility index (Phi) is 4.99. The molecule has 0 saturated carbocycles. The van der Waals surface area contributed by atoms with Crippen molar-refractivity contribution in [2.75, 3.05) is 21.9 Å². The molecule has 134 valence electrons. The normalized spacial score (nSPS) is 17.5. The minimum absolute atomic E-state index is 0.0274. The van der Waals surface area contributed by atoms with Gasteiger partial charge in [-0.05, 0) is 61.2 Å².